The molecule has 2 aromatic carbocycles. The van der Waals surface area contributed by atoms with Crippen LogP contribution in [0.1, 0.15) is 23.6 Å². The van der Waals surface area contributed by atoms with Crippen molar-refractivity contribution in [1.82, 2.24) is 0 Å². The van der Waals surface area contributed by atoms with E-state index in [4.69, 9.17) is 20.1 Å². The van der Waals surface area contributed by atoms with E-state index in [2.05, 4.69) is 10.3 Å². The van der Waals surface area contributed by atoms with Gasteiger partial charge < -0.3 is 20.1 Å². The smallest absolute Gasteiger partial charge is 0.271 e. The number of rotatable bonds is 8. The average molecular weight is 355 g/mol. The van der Waals surface area contributed by atoms with E-state index in [1.165, 1.54) is 14.2 Å². The summed E-state index contributed by atoms with van der Waals surface area (Å²) in [6, 6.07) is 14.7. The van der Waals surface area contributed by atoms with E-state index >= 15 is 0 Å². The zero-order valence-electron chi connectivity index (χ0n) is 14.9. The van der Waals surface area contributed by atoms with Crippen LogP contribution in [-0.2, 0) is 21.1 Å². The van der Waals surface area contributed by atoms with E-state index in [1.807, 2.05) is 43.3 Å². The number of benzene rings is 2. The monoisotopic (exact) mass is 355 g/mol. The summed E-state index contributed by atoms with van der Waals surface area (Å²) >= 11 is 0. The number of amides is 1. The van der Waals surface area contributed by atoms with Crippen LogP contribution in [-0.4, -0.2) is 31.6 Å². The van der Waals surface area contributed by atoms with E-state index in [9.17, 15) is 4.79 Å². The summed E-state index contributed by atoms with van der Waals surface area (Å²) in [5, 5.41) is 7.64. The number of carbonyl (C=O) groups excluding carboxylic acids is 1. The van der Waals surface area contributed by atoms with Crippen molar-refractivity contribution in [1.29, 1.82) is 0 Å². The van der Waals surface area contributed by atoms with E-state index in [0.29, 0.717) is 11.3 Å². The lowest BCUT2D eigenvalue weighted by atomic mass is 10.0. The van der Waals surface area contributed by atoms with Gasteiger partial charge in [0.15, 0.2) is 5.71 Å². The molecule has 7 nitrogen and oxygen atoms in total. The quantitative estimate of drug-likeness (QED) is 0.581. The van der Waals surface area contributed by atoms with Crippen molar-refractivity contribution in [2.24, 2.45) is 16.0 Å². The third kappa shape index (κ3) is 4.83. The summed E-state index contributed by atoms with van der Waals surface area (Å²) in [5.74, 6) is -0.0139. The lowest BCUT2D eigenvalue weighted by Crippen LogP contribution is -2.25. The van der Waals surface area contributed by atoms with Gasteiger partial charge in [0.05, 0.1) is 5.71 Å². The molecule has 0 atom stereocenters. The van der Waals surface area contributed by atoms with Crippen molar-refractivity contribution < 1.29 is 19.2 Å². The molecule has 0 radical (unpaired) electrons. The Morgan fingerprint density at radius 2 is 1.77 bits per heavy atom. The first-order chi connectivity index (χ1) is 12.6. The number of nitrogens with two attached hydrogens (primary N) is 1. The van der Waals surface area contributed by atoms with E-state index in [-0.39, 0.29) is 12.3 Å². The molecule has 2 rings (SSSR count). The van der Waals surface area contributed by atoms with Crippen molar-refractivity contribution in [3.63, 3.8) is 0 Å². The second-order valence-electron chi connectivity index (χ2n) is 5.32. The minimum absolute atomic E-state index is 0.0449. The summed E-state index contributed by atoms with van der Waals surface area (Å²) in [4.78, 5) is 21.2. The second-order valence-corrected chi connectivity index (χ2v) is 5.32. The molecule has 0 saturated carbocycles. The average Bonchev–Trinajstić information content (AvgIpc) is 2.65. The predicted octanol–water partition coefficient (Wildman–Crippen LogP) is 2.47. The number of oxime groups is 2. The van der Waals surface area contributed by atoms with Crippen LogP contribution in [0.5, 0.6) is 5.75 Å². The summed E-state index contributed by atoms with van der Waals surface area (Å²) in [6.07, 6.45) is 0. The van der Waals surface area contributed by atoms with Gasteiger partial charge in [0.25, 0.3) is 5.91 Å². The van der Waals surface area contributed by atoms with Crippen LogP contribution in [0.4, 0.5) is 0 Å². The van der Waals surface area contributed by atoms with Gasteiger partial charge >= 0.3 is 0 Å². The highest BCUT2D eigenvalue weighted by atomic mass is 16.6. The molecule has 0 fully saturated rings. The highest BCUT2D eigenvalue weighted by Gasteiger charge is 2.15. The fraction of sp³-hybridized carbons (Fsp3) is 0.211. The zero-order chi connectivity index (χ0) is 18.9. The third-order valence-electron chi connectivity index (χ3n) is 3.56. The van der Waals surface area contributed by atoms with Gasteiger partial charge in [-0.15, -0.1) is 0 Å². The fourth-order valence-electron chi connectivity index (χ4n) is 2.36. The molecular formula is C19H21N3O4. The first kappa shape index (κ1) is 19.0. The summed E-state index contributed by atoms with van der Waals surface area (Å²) in [5.41, 5.74) is 8.39. The lowest BCUT2D eigenvalue weighted by Gasteiger charge is -2.12. The molecule has 0 aromatic heterocycles. The second kappa shape index (κ2) is 9.22. The first-order valence-corrected chi connectivity index (χ1v) is 7.87. The van der Waals surface area contributed by atoms with Gasteiger partial charge in [0.1, 0.15) is 26.6 Å². The fourth-order valence-corrected chi connectivity index (χ4v) is 2.36. The molecule has 0 bridgehead atoms. The highest BCUT2D eigenvalue weighted by molar-refractivity contribution is 6.45. The summed E-state index contributed by atoms with van der Waals surface area (Å²) in [6.45, 7) is 2.08. The molecule has 0 aliphatic heterocycles. The van der Waals surface area contributed by atoms with Crippen molar-refractivity contribution in [3.05, 3.63) is 65.2 Å². The van der Waals surface area contributed by atoms with Gasteiger partial charge in [0, 0.05) is 11.1 Å². The standard InChI is InChI=1S/C19H21N3O4/c1-13(21-24-2)14-8-6-9-16(11-14)26-12-15-7-4-5-10-17(15)18(19(20)23)22-25-3/h4-11H,12H2,1-3H3,(H2,20,23)/b21-13+,22-18+. The van der Waals surface area contributed by atoms with Crippen LogP contribution in [0.25, 0.3) is 0 Å². The molecule has 0 unspecified atom stereocenters. The van der Waals surface area contributed by atoms with Crippen molar-refractivity contribution in [3.8, 4) is 5.75 Å². The van der Waals surface area contributed by atoms with E-state index in [0.717, 1.165) is 16.8 Å². The summed E-state index contributed by atoms with van der Waals surface area (Å²) < 4.78 is 5.87. The highest BCUT2D eigenvalue weighted by Crippen LogP contribution is 2.18. The van der Waals surface area contributed by atoms with Crippen LogP contribution in [0, 0.1) is 0 Å². The third-order valence-corrected chi connectivity index (χ3v) is 3.56. The van der Waals surface area contributed by atoms with Crippen LogP contribution in [0.3, 0.4) is 0 Å². The van der Waals surface area contributed by atoms with Gasteiger partial charge in [-0.25, -0.2) is 0 Å². The zero-order valence-corrected chi connectivity index (χ0v) is 14.9. The Hall–Kier alpha value is -3.35. The Morgan fingerprint density at radius 1 is 1.04 bits per heavy atom. The Balaban J connectivity index is 2.23. The Kier molecular flexibility index (Phi) is 6.73. The molecule has 0 saturated heterocycles. The molecule has 0 spiro atoms. The molecule has 0 heterocycles. The molecule has 2 N–H and O–H groups in total. The van der Waals surface area contributed by atoms with Crippen LogP contribution < -0.4 is 10.5 Å². The number of hydrogen-bond acceptors (Lipinski definition) is 6. The SMILES string of the molecule is CO/N=C(\C)c1cccc(OCc2ccccc2/C(=N\OC)C(N)=O)c1. The maximum Gasteiger partial charge on any atom is 0.271 e. The minimum Gasteiger partial charge on any atom is -0.489 e. The maximum absolute atomic E-state index is 11.6. The number of ether oxygens (including phenoxy) is 1. The van der Waals surface area contributed by atoms with Crippen molar-refractivity contribution >= 4 is 17.3 Å². The molecule has 136 valence electrons. The van der Waals surface area contributed by atoms with E-state index in [1.54, 1.807) is 12.1 Å². The van der Waals surface area contributed by atoms with Crippen LogP contribution >= 0.6 is 0 Å². The van der Waals surface area contributed by atoms with Gasteiger partial charge in [0.2, 0.25) is 0 Å². The van der Waals surface area contributed by atoms with Gasteiger partial charge in [-0.05, 0) is 24.6 Å². The molecule has 1 amide bonds. The Bertz CT molecular complexity index is 831. The van der Waals surface area contributed by atoms with Crippen LogP contribution in [0.2, 0.25) is 0 Å². The largest absolute Gasteiger partial charge is 0.489 e. The molecule has 0 aliphatic rings. The maximum atomic E-state index is 11.6. The number of nitrogens with zero attached hydrogens (tertiary/aromatic N) is 2. The van der Waals surface area contributed by atoms with Crippen molar-refractivity contribution in [2.45, 2.75) is 13.5 Å². The molecule has 7 heteroatoms. The Labute approximate surface area is 152 Å². The normalized spacial score (nSPS) is 11.8. The topological polar surface area (TPSA) is 95.5 Å². The number of carbonyl (C=O) groups is 1. The van der Waals surface area contributed by atoms with Gasteiger partial charge in [-0.1, -0.05) is 46.7 Å². The first-order valence-electron chi connectivity index (χ1n) is 7.87. The van der Waals surface area contributed by atoms with Gasteiger partial charge in [-0.2, -0.15) is 0 Å². The number of hydrogen-bond donors (Lipinski definition) is 1. The Morgan fingerprint density at radius 3 is 2.46 bits per heavy atom. The molecular weight excluding hydrogens is 334 g/mol. The van der Waals surface area contributed by atoms with Gasteiger partial charge in [-0.3, -0.25) is 4.79 Å². The summed E-state index contributed by atoms with van der Waals surface area (Å²) in [7, 11) is 2.86. The molecule has 2 aromatic rings. The van der Waals surface area contributed by atoms with Crippen molar-refractivity contribution in [2.75, 3.05) is 14.2 Å². The molecule has 26 heavy (non-hydrogen) atoms. The minimum atomic E-state index is -0.673. The predicted molar refractivity (Wildman–Crippen MR) is 99.2 cm³/mol. The lowest BCUT2D eigenvalue weighted by molar-refractivity contribution is -0.112. The van der Waals surface area contributed by atoms with E-state index < -0.39 is 5.91 Å². The number of primary amides is 1. The van der Waals surface area contributed by atoms with Crippen LogP contribution in [0.15, 0.2) is 58.8 Å². The molecule has 0 aliphatic carbocycles.